The fraction of sp³-hybridized carbons (Fsp3) is 0.545. The summed E-state index contributed by atoms with van der Waals surface area (Å²) in [5.41, 5.74) is 6.08. The molecule has 1 aliphatic carbocycles. The van der Waals surface area contributed by atoms with Crippen LogP contribution in [-0.4, -0.2) is 91.9 Å². The monoisotopic (exact) mass is 705 g/mol. The summed E-state index contributed by atoms with van der Waals surface area (Å²) >= 11 is 9.39. The van der Waals surface area contributed by atoms with E-state index in [-0.39, 0.29) is 47.6 Å². The average molecular weight is 706 g/mol. The molecule has 0 amide bonds. The standard InChI is InChI=1S/C22H26FN9O9P2S2/c1-30-6-29-20-14(21(30)34)28-7-31(20)9-4-11-15(33)16(9)40-42(35,44)37-3-2-10-17(41-43(36,45)39-11)12(23)22(38-10)32-8-27-13-18(24)25-5-26-19(13)32/h5-12,15-17,22,33H,2-4H2,1H3,(H,35,44)(H,36,45)(H2,24,25,26)/t9-,10-,11+,12-,15-,16+,17-,22-,42?,43?/m1/s1. The van der Waals surface area contributed by atoms with Gasteiger partial charge in [-0.3, -0.25) is 18.4 Å². The molecule has 3 aliphatic rings. The summed E-state index contributed by atoms with van der Waals surface area (Å²) < 4.78 is 62.3. The van der Waals surface area contributed by atoms with Crippen molar-refractivity contribution >= 4 is 65.7 Å². The number of nitrogens with zero attached hydrogens (tertiary/aromatic N) is 8. The first-order valence-corrected chi connectivity index (χ1v) is 18.8. The Kier molecular flexibility index (Phi) is 7.89. The van der Waals surface area contributed by atoms with Crippen LogP contribution in [0.15, 0.2) is 30.1 Å². The second-order valence-electron chi connectivity index (χ2n) is 10.7. The van der Waals surface area contributed by atoms with Crippen LogP contribution < -0.4 is 11.3 Å². The fourth-order valence-electron chi connectivity index (χ4n) is 5.85. The molecule has 1 saturated carbocycles. The summed E-state index contributed by atoms with van der Waals surface area (Å²) in [4.78, 5) is 44.4. The zero-order valence-electron chi connectivity index (χ0n) is 23.1. The van der Waals surface area contributed by atoms with Crippen molar-refractivity contribution < 1.29 is 41.8 Å². The molecule has 2 aliphatic heterocycles. The molecule has 2 unspecified atom stereocenters. The Hall–Kier alpha value is -2.42. The third-order valence-electron chi connectivity index (χ3n) is 7.93. The molecular weight excluding hydrogens is 679 g/mol. The number of fused-ring (bicyclic) bond motifs is 5. The molecule has 4 aromatic heterocycles. The Bertz CT molecular complexity index is 1950. The molecule has 2 saturated heterocycles. The Morgan fingerprint density at radius 2 is 1.78 bits per heavy atom. The van der Waals surface area contributed by atoms with Gasteiger partial charge in [0, 0.05) is 19.9 Å². The van der Waals surface area contributed by atoms with Gasteiger partial charge in [0.05, 0.1) is 43.8 Å². The van der Waals surface area contributed by atoms with Gasteiger partial charge in [-0.1, -0.05) is 12.2 Å². The van der Waals surface area contributed by atoms with Crippen molar-refractivity contribution in [2.24, 2.45) is 7.05 Å². The van der Waals surface area contributed by atoms with E-state index in [1.807, 2.05) is 0 Å². The first-order valence-electron chi connectivity index (χ1n) is 13.5. The SMILES string of the molecule is Cn1cnc2c(ncn2[C@@H]2C[C@@H]3OP(O)(=S)O[C@H]4[C@@H](F)[C@H](n5cnc6c(N)ncnc65)O[C@@H]4CCOP(=O)(S)O[C@@H]2[C@@H]3O)c1=O. The number of aliphatic hydroxyl groups excluding tert-OH is 1. The first kappa shape index (κ1) is 31.2. The number of aromatic nitrogens is 8. The van der Waals surface area contributed by atoms with E-state index < -0.39 is 68.0 Å². The summed E-state index contributed by atoms with van der Waals surface area (Å²) in [5, 5.41) is 11.3. The Labute approximate surface area is 262 Å². The number of nitrogen functional groups attached to an aromatic ring is 1. The third-order valence-corrected chi connectivity index (χ3v) is 11.1. The summed E-state index contributed by atoms with van der Waals surface area (Å²) in [6, 6.07) is -0.888. The van der Waals surface area contributed by atoms with E-state index in [0.29, 0.717) is 0 Å². The van der Waals surface area contributed by atoms with Crippen molar-refractivity contribution in [3.63, 3.8) is 0 Å². The largest absolute Gasteiger partial charge is 0.388 e. The number of ether oxygens (including phenoxy) is 1. The second-order valence-corrected chi connectivity index (χ2v) is 16.3. The molecule has 10 atom stereocenters. The number of imidazole rings is 2. The molecule has 0 radical (unpaired) electrons. The number of anilines is 1. The number of hydrogen-bond acceptors (Lipinski definition) is 15. The zero-order chi connectivity index (χ0) is 31.8. The van der Waals surface area contributed by atoms with Crippen LogP contribution >= 0.6 is 25.8 Å². The van der Waals surface area contributed by atoms with Crippen molar-refractivity contribution in [2.75, 3.05) is 12.3 Å². The van der Waals surface area contributed by atoms with E-state index in [4.69, 9.17) is 40.4 Å². The molecule has 18 nitrogen and oxygen atoms in total. The smallest absolute Gasteiger partial charge is 0.386 e. The molecule has 2 bridgehead atoms. The van der Waals surface area contributed by atoms with Crippen LogP contribution in [0.2, 0.25) is 0 Å². The fourth-order valence-corrected chi connectivity index (χ4v) is 9.18. The summed E-state index contributed by atoms with van der Waals surface area (Å²) in [7, 11) is 1.52. The van der Waals surface area contributed by atoms with Gasteiger partial charge in [0.2, 0.25) is 0 Å². The molecule has 23 heteroatoms. The lowest BCUT2D eigenvalue weighted by molar-refractivity contribution is -0.0307. The Morgan fingerprint density at radius 3 is 2.58 bits per heavy atom. The molecule has 7 rings (SSSR count). The van der Waals surface area contributed by atoms with E-state index >= 15 is 4.39 Å². The maximum atomic E-state index is 16.1. The van der Waals surface area contributed by atoms with Gasteiger partial charge < -0.3 is 38.7 Å². The molecule has 242 valence electrons. The van der Waals surface area contributed by atoms with Crippen molar-refractivity contribution in [2.45, 2.75) is 61.8 Å². The van der Waals surface area contributed by atoms with Crippen molar-refractivity contribution in [1.82, 2.24) is 38.6 Å². The highest BCUT2D eigenvalue weighted by molar-refractivity contribution is 8.44. The Morgan fingerprint density at radius 1 is 1.04 bits per heavy atom. The average Bonchev–Trinajstić information content (AvgIpc) is 3.73. The maximum Gasteiger partial charge on any atom is 0.386 e. The lowest BCUT2D eigenvalue weighted by Gasteiger charge is -2.27. The van der Waals surface area contributed by atoms with Gasteiger partial charge in [-0.05, 0) is 11.8 Å². The quantitative estimate of drug-likeness (QED) is 0.168. The van der Waals surface area contributed by atoms with Crippen molar-refractivity contribution in [3.05, 3.63) is 35.7 Å². The minimum atomic E-state index is -4.30. The van der Waals surface area contributed by atoms with Gasteiger partial charge in [-0.15, -0.1) is 0 Å². The van der Waals surface area contributed by atoms with Gasteiger partial charge in [0.25, 0.3) is 5.56 Å². The van der Waals surface area contributed by atoms with E-state index in [1.54, 1.807) is 0 Å². The predicted molar refractivity (Wildman–Crippen MR) is 159 cm³/mol. The topological polar surface area (TPSA) is 226 Å². The van der Waals surface area contributed by atoms with Crippen LogP contribution in [0.25, 0.3) is 22.3 Å². The summed E-state index contributed by atoms with van der Waals surface area (Å²) in [6.45, 7) is -8.81. The van der Waals surface area contributed by atoms with Gasteiger partial charge in [-0.25, -0.2) is 33.9 Å². The van der Waals surface area contributed by atoms with Gasteiger partial charge >= 0.3 is 13.5 Å². The van der Waals surface area contributed by atoms with E-state index in [2.05, 4.69) is 37.2 Å². The number of halogens is 1. The number of rotatable bonds is 2. The van der Waals surface area contributed by atoms with Crippen LogP contribution in [0.5, 0.6) is 0 Å². The number of alkyl halides is 1. The lowest BCUT2D eigenvalue weighted by atomic mass is 10.1. The number of nitrogens with two attached hydrogens (primary N) is 1. The van der Waals surface area contributed by atoms with Crippen LogP contribution in [0.1, 0.15) is 25.1 Å². The highest BCUT2D eigenvalue weighted by Crippen LogP contribution is 2.59. The number of aliphatic hydroxyl groups is 1. The molecule has 0 spiro atoms. The van der Waals surface area contributed by atoms with Gasteiger partial charge in [0.1, 0.15) is 30.2 Å². The maximum absolute atomic E-state index is 16.1. The van der Waals surface area contributed by atoms with Crippen molar-refractivity contribution in [1.29, 1.82) is 0 Å². The molecule has 3 fully saturated rings. The number of aryl methyl sites for hydroxylation is 1. The Balaban J connectivity index is 1.21. The molecule has 4 N–H and O–H groups in total. The van der Waals surface area contributed by atoms with Gasteiger partial charge in [-0.2, -0.15) is 0 Å². The lowest BCUT2D eigenvalue weighted by Crippen LogP contribution is -2.35. The third kappa shape index (κ3) is 5.53. The minimum Gasteiger partial charge on any atom is -0.388 e. The number of hydrogen-bond donors (Lipinski definition) is 4. The first-order chi connectivity index (χ1) is 21.3. The molecule has 0 aromatic carbocycles. The predicted octanol–water partition coefficient (Wildman–Crippen LogP) is 0.924. The molecule has 4 aromatic rings. The van der Waals surface area contributed by atoms with Crippen LogP contribution in [0.4, 0.5) is 10.2 Å². The number of thiol groups is 1. The van der Waals surface area contributed by atoms with Crippen LogP contribution in [-0.2, 0) is 46.3 Å². The van der Waals surface area contributed by atoms with Gasteiger partial charge in [0.15, 0.2) is 35.0 Å². The van der Waals surface area contributed by atoms with E-state index in [0.717, 1.165) is 0 Å². The minimum absolute atomic E-state index is 0.0450. The second kappa shape index (κ2) is 11.4. The van der Waals surface area contributed by atoms with Crippen LogP contribution in [0.3, 0.4) is 0 Å². The molecule has 6 heterocycles. The highest BCUT2D eigenvalue weighted by atomic mass is 32.7. The normalized spacial score (nSPS) is 37.7. The van der Waals surface area contributed by atoms with E-state index in [9.17, 15) is 19.4 Å². The molecular formula is C22H26FN9O9P2S2. The summed E-state index contributed by atoms with van der Waals surface area (Å²) in [6.07, 6.45) is -5.11. The zero-order valence-corrected chi connectivity index (χ0v) is 26.6. The highest BCUT2D eigenvalue weighted by Gasteiger charge is 2.53. The van der Waals surface area contributed by atoms with Crippen molar-refractivity contribution in [3.8, 4) is 0 Å². The summed E-state index contributed by atoms with van der Waals surface area (Å²) in [5.74, 6) is 0.0804. The molecule has 45 heavy (non-hydrogen) atoms. The van der Waals surface area contributed by atoms with Crippen LogP contribution in [0, 0.1) is 0 Å². The van der Waals surface area contributed by atoms with E-state index in [1.165, 1.54) is 46.1 Å².